The highest BCUT2D eigenvalue weighted by molar-refractivity contribution is 5.94. The molecule has 0 N–H and O–H groups in total. The van der Waals surface area contributed by atoms with Crippen molar-refractivity contribution < 1.29 is 27.8 Å². The van der Waals surface area contributed by atoms with Crippen molar-refractivity contribution in [3.05, 3.63) is 89.0 Å². The maximum Gasteiger partial charge on any atom is 0.237 e. The van der Waals surface area contributed by atoms with Crippen LogP contribution in [0.2, 0.25) is 0 Å². The van der Waals surface area contributed by atoms with Crippen LogP contribution in [0.25, 0.3) is 0 Å². The van der Waals surface area contributed by atoms with Crippen LogP contribution >= 0.6 is 0 Å². The molecule has 7 nitrogen and oxygen atoms in total. The monoisotopic (exact) mass is 579 g/mol. The van der Waals surface area contributed by atoms with E-state index >= 15 is 0 Å². The molecule has 2 heterocycles. The molecule has 0 spiro atoms. The highest BCUT2D eigenvalue weighted by atomic mass is 19.1. The SMILES string of the molecule is COc1cc(CN2CCN(CCCN3CCC(c4ccc(F)cc4)(c4ccc(F)cc4)C3=O)CC2)cc(OC)c1OC. The average molecular weight is 580 g/mol. The van der Waals surface area contributed by atoms with Gasteiger partial charge in [-0.2, -0.15) is 0 Å². The Hall–Kier alpha value is -3.69. The molecule has 0 bridgehead atoms. The van der Waals surface area contributed by atoms with E-state index in [1.165, 1.54) is 24.3 Å². The summed E-state index contributed by atoms with van der Waals surface area (Å²) in [4.78, 5) is 20.7. The molecule has 5 rings (SSSR count). The van der Waals surface area contributed by atoms with E-state index in [9.17, 15) is 13.6 Å². The predicted molar refractivity (Wildman–Crippen MR) is 157 cm³/mol. The Labute approximate surface area is 246 Å². The van der Waals surface area contributed by atoms with E-state index < -0.39 is 5.41 Å². The molecule has 3 aromatic rings. The fraction of sp³-hybridized carbons (Fsp3) is 0.424. The van der Waals surface area contributed by atoms with Gasteiger partial charge in [-0.15, -0.1) is 0 Å². The van der Waals surface area contributed by atoms with Gasteiger partial charge in [0.25, 0.3) is 0 Å². The lowest BCUT2D eigenvalue weighted by molar-refractivity contribution is -0.131. The van der Waals surface area contributed by atoms with Crippen molar-refractivity contribution in [1.82, 2.24) is 14.7 Å². The van der Waals surface area contributed by atoms with E-state index in [4.69, 9.17) is 14.2 Å². The molecule has 224 valence electrons. The number of halogens is 2. The Morgan fingerprint density at radius 2 is 1.24 bits per heavy atom. The predicted octanol–water partition coefficient (Wildman–Crippen LogP) is 4.72. The lowest BCUT2D eigenvalue weighted by atomic mass is 9.73. The standard InChI is InChI=1S/C33H39F2N3O4/c1-40-29-21-24(22-30(41-2)31(29)42-3)23-37-19-17-36(18-20-37)14-4-15-38-16-13-33(32(38)39,25-5-9-27(34)10-6-25)26-7-11-28(35)12-8-26/h5-12,21-22H,4,13-20,23H2,1-3H3. The lowest BCUT2D eigenvalue weighted by Crippen LogP contribution is -2.46. The molecule has 0 radical (unpaired) electrons. The first kappa shape index (κ1) is 29.8. The first-order valence-electron chi connectivity index (χ1n) is 14.4. The minimum Gasteiger partial charge on any atom is -0.493 e. The number of carbonyl (C=O) groups is 1. The smallest absolute Gasteiger partial charge is 0.237 e. The molecule has 9 heteroatoms. The van der Waals surface area contributed by atoms with Gasteiger partial charge < -0.3 is 24.0 Å². The zero-order valence-electron chi connectivity index (χ0n) is 24.6. The summed E-state index contributed by atoms with van der Waals surface area (Å²) in [5.41, 5.74) is 1.66. The highest BCUT2D eigenvalue weighted by Gasteiger charge is 2.49. The molecular weight excluding hydrogens is 540 g/mol. The van der Waals surface area contributed by atoms with Crippen molar-refractivity contribution in [2.45, 2.75) is 24.8 Å². The number of benzene rings is 3. The first-order chi connectivity index (χ1) is 20.4. The number of hydrogen-bond acceptors (Lipinski definition) is 6. The van der Waals surface area contributed by atoms with E-state index in [0.717, 1.165) is 62.4 Å². The zero-order valence-corrected chi connectivity index (χ0v) is 24.6. The van der Waals surface area contributed by atoms with Crippen molar-refractivity contribution in [2.24, 2.45) is 0 Å². The first-order valence-corrected chi connectivity index (χ1v) is 14.4. The molecule has 0 aliphatic carbocycles. The lowest BCUT2D eigenvalue weighted by Gasteiger charge is -2.35. The topological polar surface area (TPSA) is 54.5 Å². The summed E-state index contributed by atoms with van der Waals surface area (Å²) < 4.78 is 43.9. The maximum atomic E-state index is 13.9. The quantitative estimate of drug-likeness (QED) is 0.328. The van der Waals surface area contributed by atoms with Crippen molar-refractivity contribution in [2.75, 3.05) is 67.1 Å². The molecule has 3 aromatic carbocycles. The van der Waals surface area contributed by atoms with E-state index in [-0.39, 0.29) is 17.5 Å². The van der Waals surface area contributed by atoms with Gasteiger partial charge in [0.2, 0.25) is 11.7 Å². The van der Waals surface area contributed by atoms with Gasteiger partial charge in [0, 0.05) is 45.8 Å². The summed E-state index contributed by atoms with van der Waals surface area (Å²) in [6.07, 6.45) is 1.43. The second-order valence-corrected chi connectivity index (χ2v) is 11.0. The van der Waals surface area contributed by atoms with Crippen LogP contribution in [0.5, 0.6) is 17.2 Å². The number of likely N-dealkylation sites (tertiary alicyclic amines) is 1. The van der Waals surface area contributed by atoms with Crippen LogP contribution < -0.4 is 14.2 Å². The minimum absolute atomic E-state index is 0.00381. The molecule has 2 fully saturated rings. The van der Waals surface area contributed by atoms with Crippen molar-refractivity contribution in [3.63, 3.8) is 0 Å². The second-order valence-electron chi connectivity index (χ2n) is 11.0. The van der Waals surface area contributed by atoms with Gasteiger partial charge in [-0.1, -0.05) is 24.3 Å². The van der Waals surface area contributed by atoms with Crippen molar-refractivity contribution in [3.8, 4) is 17.2 Å². The number of methoxy groups -OCH3 is 3. The van der Waals surface area contributed by atoms with Crippen LogP contribution in [-0.4, -0.2) is 87.7 Å². The average Bonchev–Trinajstić information content (AvgIpc) is 3.34. The largest absolute Gasteiger partial charge is 0.493 e. The minimum atomic E-state index is -0.931. The van der Waals surface area contributed by atoms with Gasteiger partial charge in [0.15, 0.2) is 11.5 Å². The third-order valence-corrected chi connectivity index (χ3v) is 8.58. The summed E-state index contributed by atoms with van der Waals surface area (Å²) in [6, 6.07) is 16.3. The van der Waals surface area contributed by atoms with Crippen LogP contribution in [0.15, 0.2) is 60.7 Å². The molecule has 2 aliphatic rings. The molecular formula is C33H39F2N3O4. The van der Waals surface area contributed by atoms with Gasteiger partial charge in [-0.3, -0.25) is 9.69 Å². The molecule has 0 aromatic heterocycles. The van der Waals surface area contributed by atoms with E-state index in [0.29, 0.717) is 36.8 Å². The number of ether oxygens (including phenoxy) is 3. The number of nitrogens with zero attached hydrogens (tertiary/aromatic N) is 3. The molecule has 2 aliphatic heterocycles. The van der Waals surface area contributed by atoms with Crippen molar-refractivity contribution >= 4 is 5.91 Å². The molecule has 2 saturated heterocycles. The Kier molecular flexibility index (Phi) is 9.28. The summed E-state index contributed by atoms with van der Waals surface area (Å²) in [7, 11) is 4.86. The number of amides is 1. The number of piperazine rings is 1. The van der Waals surface area contributed by atoms with E-state index in [1.807, 2.05) is 17.0 Å². The van der Waals surface area contributed by atoms with Crippen LogP contribution in [0.1, 0.15) is 29.5 Å². The van der Waals surface area contributed by atoms with Gasteiger partial charge >= 0.3 is 0 Å². The molecule has 1 amide bonds. The number of hydrogen-bond donors (Lipinski definition) is 0. The normalized spacial score (nSPS) is 17.5. The maximum absolute atomic E-state index is 13.9. The summed E-state index contributed by atoms with van der Waals surface area (Å²) in [5, 5.41) is 0. The number of rotatable bonds is 11. The van der Waals surface area contributed by atoms with Crippen LogP contribution in [0.3, 0.4) is 0 Å². The van der Waals surface area contributed by atoms with Gasteiger partial charge in [-0.25, -0.2) is 8.78 Å². The fourth-order valence-corrected chi connectivity index (χ4v) is 6.31. The third-order valence-electron chi connectivity index (χ3n) is 8.58. The molecule has 0 unspecified atom stereocenters. The Morgan fingerprint density at radius 1 is 0.714 bits per heavy atom. The van der Waals surface area contributed by atoms with E-state index in [1.54, 1.807) is 45.6 Å². The van der Waals surface area contributed by atoms with Crippen molar-refractivity contribution in [1.29, 1.82) is 0 Å². The Bertz CT molecular complexity index is 1290. The molecule has 0 saturated carbocycles. The fourth-order valence-electron chi connectivity index (χ4n) is 6.31. The van der Waals surface area contributed by atoms with E-state index in [2.05, 4.69) is 9.80 Å². The zero-order chi connectivity index (χ0) is 29.7. The summed E-state index contributed by atoms with van der Waals surface area (Å²) in [6.45, 7) is 6.74. The second kappa shape index (κ2) is 13.1. The van der Waals surface area contributed by atoms with Gasteiger partial charge in [0.05, 0.1) is 21.3 Å². The summed E-state index contributed by atoms with van der Waals surface area (Å²) >= 11 is 0. The van der Waals surface area contributed by atoms with Gasteiger partial charge in [0.1, 0.15) is 17.0 Å². The Morgan fingerprint density at radius 3 is 1.74 bits per heavy atom. The van der Waals surface area contributed by atoms with Crippen LogP contribution in [0, 0.1) is 11.6 Å². The number of carbonyl (C=O) groups excluding carboxylic acids is 1. The molecule has 0 atom stereocenters. The highest BCUT2D eigenvalue weighted by Crippen LogP contribution is 2.42. The molecule has 42 heavy (non-hydrogen) atoms. The summed E-state index contributed by atoms with van der Waals surface area (Å²) in [5.74, 6) is 1.21. The Balaban J connectivity index is 1.16. The third kappa shape index (κ3) is 6.08. The van der Waals surface area contributed by atoms with Gasteiger partial charge in [-0.05, 0) is 72.5 Å². The van der Waals surface area contributed by atoms with Crippen LogP contribution in [0.4, 0.5) is 8.78 Å². The van der Waals surface area contributed by atoms with Crippen LogP contribution in [-0.2, 0) is 16.8 Å².